The van der Waals surface area contributed by atoms with Crippen LogP contribution in [0.3, 0.4) is 0 Å². The molecule has 6 amide bonds. The molecule has 2 saturated heterocycles. The summed E-state index contributed by atoms with van der Waals surface area (Å²) < 4.78 is 27.9. The number of primary amides is 1. The van der Waals surface area contributed by atoms with E-state index in [4.69, 9.17) is 5.73 Å². The van der Waals surface area contributed by atoms with E-state index in [1.807, 2.05) is 34.6 Å². The van der Waals surface area contributed by atoms with E-state index in [2.05, 4.69) is 16.0 Å². The normalized spacial score (nSPS) is 26.5. The van der Waals surface area contributed by atoms with Crippen LogP contribution in [-0.2, 0) is 34.2 Å². The smallest absolute Gasteiger partial charge is 0.315 e. The van der Waals surface area contributed by atoms with Gasteiger partial charge in [0.2, 0.25) is 23.5 Å². The number of rotatable bonds is 11. The molecule has 5 N–H and O–H groups in total. The van der Waals surface area contributed by atoms with Crippen LogP contribution in [0.4, 0.5) is 4.79 Å². The third-order valence-electron chi connectivity index (χ3n) is 11.1. The summed E-state index contributed by atoms with van der Waals surface area (Å²) in [6.07, 6.45) is 3.11. The Morgan fingerprint density at radius 3 is 2.00 bits per heavy atom. The Kier molecular flexibility index (Phi) is 10.6. The predicted molar refractivity (Wildman–Crippen MR) is 180 cm³/mol. The van der Waals surface area contributed by atoms with E-state index >= 15 is 0 Å². The minimum atomic E-state index is -4.04. The summed E-state index contributed by atoms with van der Waals surface area (Å²) in [5, 5.41) is 8.45. The van der Waals surface area contributed by atoms with Gasteiger partial charge in [-0.05, 0) is 40.4 Å². The van der Waals surface area contributed by atoms with Crippen molar-refractivity contribution in [2.75, 3.05) is 26.2 Å². The van der Waals surface area contributed by atoms with E-state index < -0.39 is 80.6 Å². The molecule has 2 heterocycles. The number of ketones is 1. The summed E-state index contributed by atoms with van der Waals surface area (Å²) in [5.41, 5.74) is 3.69. The Hall–Kier alpha value is -3.27. The van der Waals surface area contributed by atoms with E-state index in [0.717, 1.165) is 23.6 Å². The zero-order valence-electron chi connectivity index (χ0n) is 30.3. The number of carbonyl (C=O) groups excluding carboxylic acids is 6. The number of hydrogen-bond acceptors (Lipinski definition) is 8. The molecule has 0 aromatic carbocycles. The first-order valence-corrected chi connectivity index (χ1v) is 18.6. The molecule has 6 atom stereocenters. The van der Waals surface area contributed by atoms with Gasteiger partial charge in [-0.3, -0.25) is 24.0 Å². The summed E-state index contributed by atoms with van der Waals surface area (Å²) >= 11 is 0. The SMILES string of the molecule is CC(=O)N1CCN(C[C@@H](NC(=O)N[C@H](C(=O)N2C[C@H]3[C@@H]([C@H]2C(=O)NC(CC2CCC2)C(=O)C(N)=O)C3(C)C)C(C)(C)C)C(C)(C)C)S1(=O)=O. The Morgan fingerprint density at radius 1 is 0.918 bits per heavy atom. The van der Waals surface area contributed by atoms with Crippen molar-refractivity contribution < 1.29 is 37.2 Å². The highest BCUT2D eigenvalue weighted by atomic mass is 32.2. The lowest BCUT2D eigenvalue weighted by molar-refractivity contribution is -0.145. The van der Waals surface area contributed by atoms with Crippen molar-refractivity contribution in [2.24, 2.45) is 39.7 Å². The average Bonchev–Trinajstić information content (AvgIpc) is 3.23. The maximum atomic E-state index is 14.4. The molecule has 2 saturated carbocycles. The van der Waals surface area contributed by atoms with E-state index in [-0.39, 0.29) is 49.3 Å². The van der Waals surface area contributed by atoms with Gasteiger partial charge in [-0.25, -0.2) is 9.10 Å². The molecule has 0 aromatic heterocycles. The van der Waals surface area contributed by atoms with Gasteiger partial charge in [0.15, 0.2) is 0 Å². The quantitative estimate of drug-likeness (QED) is 0.224. The Morgan fingerprint density at radius 2 is 1.53 bits per heavy atom. The van der Waals surface area contributed by atoms with E-state index in [0.29, 0.717) is 6.42 Å². The molecule has 2 aliphatic carbocycles. The van der Waals surface area contributed by atoms with Crippen LogP contribution in [0.25, 0.3) is 0 Å². The molecule has 1 unspecified atom stereocenters. The van der Waals surface area contributed by atoms with Gasteiger partial charge < -0.3 is 26.6 Å². The fourth-order valence-corrected chi connectivity index (χ4v) is 9.06. The van der Waals surface area contributed by atoms with Crippen molar-refractivity contribution in [3.05, 3.63) is 0 Å². The summed E-state index contributed by atoms with van der Waals surface area (Å²) in [4.78, 5) is 79.9. The highest BCUT2D eigenvalue weighted by Gasteiger charge is 2.70. The van der Waals surface area contributed by atoms with Crippen molar-refractivity contribution in [1.29, 1.82) is 0 Å². The number of nitrogens with zero attached hydrogens (tertiary/aromatic N) is 3. The monoisotopic (exact) mass is 709 g/mol. The van der Waals surface area contributed by atoms with Crippen LogP contribution in [0, 0.1) is 34.0 Å². The number of urea groups is 1. The maximum absolute atomic E-state index is 14.4. The minimum Gasteiger partial charge on any atom is -0.363 e. The number of carbonyl (C=O) groups is 6. The summed E-state index contributed by atoms with van der Waals surface area (Å²) in [6, 6.07) is -4.46. The second-order valence-electron chi connectivity index (χ2n) is 17.0. The number of nitrogens with one attached hydrogen (secondary N) is 3. The summed E-state index contributed by atoms with van der Waals surface area (Å²) in [5.74, 6) is -3.52. The van der Waals surface area contributed by atoms with Crippen LogP contribution in [0.15, 0.2) is 0 Å². The van der Waals surface area contributed by atoms with Crippen LogP contribution in [0.1, 0.15) is 88.0 Å². The van der Waals surface area contributed by atoms with Gasteiger partial charge in [0.05, 0.1) is 12.6 Å². The molecule has 4 rings (SSSR count). The van der Waals surface area contributed by atoms with Crippen LogP contribution < -0.4 is 21.7 Å². The Balaban J connectivity index is 1.52. The van der Waals surface area contributed by atoms with Crippen LogP contribution >= 0.6 is 0 Å². The number of amides is 6. The molecular formula is C33H55N7O8S. The molecule has 0 bridgehead atoms. The van der Waals surface area contributed by atoms with Gasteiger partial charge in [-0.1, -0.05) is 74.7 Å². The number of Topliss-reactive ketones (excluding diaryl/α,β-unsaturated/α-hetero) is 1. The molecule has 15 nitrogen and oxygen atoms in total. The van der Waals surface area contributed by atoms with Crippen LogP contribution in [-0.4, -0.2) is 108 Å². The topological polar surface area (TPSA) is 208 Å². The highest BCUT2D eigenvalue weighted by Crippen LogP contribution is 2.65. The lowest BCUT2D eigenvalue weighted by Crippen LogP contribution is -2.62. The number of fused-ring (bicyclic) bond motifs is 1. The zero-order valence-corrected chi connectivity index (χ0v) is 31.1. The first kappa shape index (κ1) is 38.5. The molecule has 16 heteroatoms. The van der Waals surface area contributed by atoms with E-state index in [1.54, 1.807) is 20.8 Å². The van der Waals surface area contributed by atoms with Crippen LogP contribution in [0.5, 0.6) is 0 Å². The van der Waals surface area contributed by atoms with Crippen molar-refractivity contribution in [2.45, 2.75) is 112 Å². The van der Waals surface area contributed by atoms with E-state index in [1.165, 1.54) is 16.1 Å². The van der Waals surface area contributed by atoms with Gasteiger partial charge in [0.25, 0.3) is 5.91 Å². The van der Waals surface area contributed by atoms with Gasteiger partial charge >= 0.3 is 16.2 Å². The maximum Gasteiger partial charge on any atom is 0.315 e. The fourth-order valence-electron chi connectivity index (χ4n) is 7.50. The highest BCUT2D eigenvalue weighted by molar-refractivity contribution is 7.87. The van der Waals surface area contributed by atoms with Crippen molar-refractivity contribution in [1.82, 2.24) is 29.5 Å². The third-order valence-corrected chi connectivity index (χ3v) is 13.0. The molecule has 49 heavy (non-hydrogen) atoms. The van der Waals surface area contributed by atoms with Crippen molar-refractivity contribution in [3.63, 3.8) is 0 Å². The van der Waals surface area contributed by atoms with Crippen molar-refractivity contribution >= 4 is 45.7 Å². The zero-order chi connectivity index (χ0) is 37.0. The second kappa shape index (κ2) is 13.5. The van der Waals surface area contributed by atoms with Gasteiger partial charge in [-0.2, -0.15) is 12.7 Å². The Labute approximate surface area is 290 Å². The molecule has 2 aliphatic heterocycles. The second-order valence-corrected chi connectivity index (χ2v) is 18.9. The number of hydrogen-bond donors (Lipinski definition) is 4. The lowest BCUT2D eigenvalue weighted by Gasteiger charge is -2.39. The number of piperidine rings is 1. The first-order valence-electron chi connectivity index (χ1n) is 17.2. The first-order chi connectivity index (χ1) is 22.4. The summed E-state index contributed by atoms with van der Waals surface area (Å²) in [7, 11) is -4.04. The third kappa shape index (κ3) is 7.89. The Bertz CT molecular complexity index is 1480. The van der Waals surface area contributed by atoms with Crippen molar-refractivity contribution in [3.8, 4) is 0 Å². The fraction of sp³-hybridized carbons (Fsp3) is 0.818. The molecule has 0 radical (unpaired) electrons. The average molecular weight is 710 g/mol. The van der Waals surface area contributed by atoms with Crippen LogP contribution in [0.2, 0.25) is 0 Å². The number of nitrogens with two attached hydrogens (primary N) is 1. The minimum absolute atomic E-state index is 0.0166. The van der Waals surface area contributed by atoms with E-state index in [9.17, 15) is 37.2 Å². The molecule has 276 valence electrons. The molecule has 0 spiro atoms. The standard InChI is InChI=1S/C33H55N7O8S/c1-18(41)40-14-13-38(49(40,47)48)17-22(31(2,3)4)36-30(46)37-26(32(5,6)7)29(45)39-16-20-23(33(20,8)9)24(39)28(44)35-21(25(42)27(34)43)15-19-11-10-12-19/h19-24,26H,10-17H2,1-9H3,(H2,34,43)(H,35,44)(H2,36,37,46)/t20-,21?,22+,23-,24-,26+/m0/s1. The van der Waals surface area contributed by atoms with Gasteiger partial charge in [0, 0.05) is 32.6 Å². The van der Waals surface area contributed by atoms with Gasteiger partial charge in [0.1, 0.15) is 12.1 Å². The molecule has 4 aliphatic rings. The molecule has 4 fully saturated rings. The molecular weight excluding hydrogens is 654 g/mol. The lowest BCUT2D eigenvalue weighted by atomic mass is 9.80. The molecule has 0 aromatic rings. The number of likely N-dealkylation sites (tertiary alicyclic amines) is 1. The largest absolute Gasteiger partial charge is 0.363 e. The predicted octanol–water partition coefficient (Wildman–Crippen LogP) is 0.736. The van der Waals surface area contributed by atoms with Gasteiger partial charge in [-0.15, -0.1) is 0 Å². The summed E-state index contributed by atoms with van der Waals surface area (Å²) in [6.45, 7) is 16.5.